The number of thiophene rings is 1. The molecule has 152 valence electrons. The van der Waals surface area contributed by atoms with Crippen molar-refractivity contribution in [3.05, 3.63) is 45.6 Å². The summed E-state index contributed by atoms with van der Waals surface area (Å²) in [6, 6.07) is 7.66. The predicted molar refractivity (Wildman–Crippen MR) is 110 cm³/mol. The zero-order chi connectivity index (χ0) is 20.0. The average Bonchev–Trinajstić information content (AvgIpc) is 3.23. The van der Waals surface area contributed by atoms with Crippen LogP contribution < -0.4 is 10.1 Å². The highest BCUT2D eigenvalue weighted by Crippen LogP contribution is 2.44. The van der Waals surface area contributed by atoms with Gasteiger partial charge in [-0.25, -0.2) is 0 Å². The maximum absolute atomic E-state index is 13.4. The van der Waals surface area contributed by atoms with E-state index in [1.165, 1.54) is 10.4 Å². The molecule has 1 aromatic carbocycles. The van der Waals surface area contributed by atoms with Crippen LogP contribution in [0.4, 0.5) is 5.69 Å². The topological polar surface area (TPSA) is 67.9 Å². The normalized spacial score (nSPS) is 22.6. The van der Waals surface area contributed by atoms with E-state index in [0.29, 0.717) is 24.5 Å². The molecule has 6 nitrogen and oxygen atoms in total. The van der Waals surface area contributed by atoms with Crippen LogP contribution >= 0.6 is 11.3 Å². The van der Waals surface area contributed by atoms with Gasteiger partial charge in [-0.15, -0.1) is 11.3 Å². The maximum atomic E-state index is 13.4. The molecule has 2 amide bonds. The number of amides is 2. The van der Waals surface area contributed by atoms with Crippen LogP contribution in [0.15, 0.2) is 29.6 Å². The maximum Gasteiger partial charge on any atom is 0.230 e. The standard InChI is InChI=1S/C22H24N2O4S/c1-27-14-2-3-18-15(12-14)16(13-20(25)23-18)21(26)24-8-6-22(7-9-24)17-5-11-29-19(17)4-10-28-22/h2-3,5,11-12,16H,4,6-10,13H2,1H3,(H,23,25). The number of anilines is 1. The molecule has 0 radical (unpaired) electrons. The molecule has 3 aliphatic heterocycles. The van der Waals surface area contributed by atoms with E-state index < -0.39 is 5.92 Å². The lowest BCUT2D eigenvalue weighted by atomic mass is 9.81. The molecule has 0 bridgehead atoms. The van der Waals surface area contributed by atoms with Crippen LogP contribution in [0, 0.1) is 0 Å². The quantitative estimate of drug-likeness (QED) is 0.822. The van der Waals surface area contributed by atoms with E-state index in [1.54, 1.807) is 24.5 Å². The van der Waals surface area contributed by atoms with Crippen LogP contribution in [-0.2, 0) is 26.3 Å². The fourth-order valence-corrected chi connectivity index (χ4v) is 5.82. The fourth-order valence-electron chi connectivity index (χ4n) is 4.87. The molecule has 7 heteroatoms. The Bertz CT molecular complexity index is 961. The van der Waals surface area contributed by atoms with Gasteiger partial charge in [0, 0.05) is 36.5 Å². The van der Waals surface area contributed by atoms with Gasteiger partial charge in [-0.2, -0.15) is 0 Å². The monoisotopic (exact) mass is 412 g/mol. The van der Waals surface area contributed by atoms with Crippen LogP contribution in [0.1, 0.15) is 41.2 Å². The van der Waals surface area contributed by atoms with Crippen molar-refractivity contribution in [2.45, 2.75) is 37.2 Å². The molecule has 5 rings (SSSR count). The van der Waals surface area contributed by atoms with Crippen LogP contribution in [0.3, 0.4) is 0 Å². The van der Waals surface area contributed by atoms with Crippen molar-refractivity contribution in [3.8, 4) is 5.75 Å². The van der Waals surface area contributed by atoms with Gasteiger partial charge in [0.15, 0.2) is 0 Å². The average molecular weight is 413 g/mol. The lowest BCUT2D eigenvalue weighted by Gasteiger charge is -2.45. The zero-order valence-corrected chi connectivity index (χ0v) is 17.2. The Morgan fingerprint density at radius 1 is 1.31 bits per heavy atom. The van der Waals surface area contributed by atoms with Crippen molar-refractivity contribution in [2.75, 3.05) is 32.1 Å². The second kappa shape index (κ2) is 7.15. The number of nitrogens with zero attached hydrogens (tertiary/aromatic N) is 1. The summed E-state index contributed by atoms with van der Waals surface area (Å²) in [6.45, 7) is 2.04. The van der Waals surface area contributed by atoms with Crippen LogP contribution in [-0.4, -0.2) is 43.5 Å². The molecule has 1 saturated heterocycles. The van der Waals surface area contributed by atoms with Gasteiger partial charge in [0.2, 0.25) is 11.8 Å². The van der Waals surface area contributed by atoms with E-state index in [2.05, 4.69) is 16.8 Å². The Morgan fingerprint density at radius 2 is 2.14 bits per heavy atom. The van der Waals surface area contributed by atoms with Gasteiger partial charge in [-0.1, -0.05) is 0 Å². The van der Waals surface area contributed by atoms with Gasteiger partial charge >= 0.3 is 0 Å². The number of ether oxygens (including phenoxy) is 2. The minimum atomic E-state index is -0.466. The number of piperidine rings is 1. The van der Waals surface area contributed by atoms with E-state index in [-0.39, 0.29) is 23.8 Å². The number of rotatable bonds is 2. The third-order valence-corrected chi connectivity index (χ3v) is 7.40. The highest BCUT2D eigenvalue weighted by atomic mass is 32.1. The van der Waals surface area contributed by atoms with E-state index in [0.717, 1.165) is 31.4 Å². The third kappa shape index (κ3) is 3.13. The van der Waals surface area contributed by atoms with Crippen LogP contribution in [0.2, 0.25) is 0 Å². The summed E-state index contributed by atoms with van der Waals surface area (Å²) in [6.07, 6.45) is 2.75. The first-order valence-corrected chi connectivity index (χ1v) is 10.9. The molecule has 1 spiro atoms. The summed E-state index contributed by atoms with van der Waals surface area (Å²) < 4.78 is 11.6. The first-order chi connectivity index (χ1) is 14.1. The van der Waals surface area contributed by atoms with Crippen molar-refractivity contribution in [3.63, 3.8) is 0 Å². The van der Waals surface area contributed by atoms with E-state index in [9.17, 15) is 9.59 Å². The summed E-state index contributed by atoms with van der Waals surface area (Å²) in [7, 11) is 1.60. The number of hydrogen-bond donors (Lipinski definition) is 1. The molecule has 1 aromatic heterocycles. The molecular formula is C22H24N2O4S. The molecule has 1 fully saturated rings. The number of benzene rings is 1. The van der Waals surface area contributed by atoms with Gasteiger partial charge in [-0.3, -0.25) is 9.59 Å². The highest BCUT2D eigenvalue weighted by molar-refractivity contribution is 7.10. The van der Waals surface area contributed by atoms with Gasteiger partial charge in [0.05, 0.1) is 25.2 Å². The Kier molecular flexibility index (Phi) is 4.59. The summed E-state index contributed by atoms with van der Waals surface area (Å²) in [5.74, 6) is 0.126. The minimum absolute atomic E-state index is 0.0190. The summed E-state index contributed by atoms with van der Waals surface area (Å²) in [5.41, 5.74) is 2.60. The molecule has 1 atom stereocenters. The third-order valence-electron chi connectivity index (χ3n) is 6.42. The fraction of sp³-hybridized carbons (Fsp3) is 0.455. The van der Waals surface area contributed by atoms with E-state index in [1.807, 2.05) is 17.0 Å². The number of likely N-dealkylation sites (tertiary alicyclic amines) is 1. The first kappa shape index (κ1) is 18.6. The number of nitrogens with one attached hydrogen (secondary N) is 1. The van der Waals surface area contributed by atoms with Crippen molar-refractivity contribution >= 4 is 28.8 Å². The molecule has 1 N–H and O–H groups in total. The summed E-state index contributed by atoms with van der Waals surface area (Å²) in [5, 5.41) is 5.01. The van der Waals surface area contributed by atoms with Gasteiger partial charge in [0.1, 0.15) is 5.75 Å². The molecule has 29 heavy (non-hydrogen) atoms. The molecule has 0 saturated carbocycles. The number of carbonyl (C=O) groups is 2. The van der Waals surface area contributed by atoms with Crippen molar-refractivity contribution < 1.29 is 19.1 Å². The largest absolute Gasteiger partial charge is 0.497 e. The van der Waals surface area contributed by atoms with Crippen LogP contribution in [0.5, 0.6) is 5.75 Å². The zero-order valence-electron chi connectivity index (χ0n) is 16.4. The van der Waals surface area contributed by atoms with Crippen LogP contribution in [0.25, 0.3) is 0 Å². The minimum Gasteiger partial charge on any atom is -0.497 e. The predicted octanol–water partition coefficient (Wildman–Crippen LogP) is 3.27. The number of methoxy groups -OCH3 is 1. The van der Waals surface area contributed by atoms with Crippen molar-refractivity contribution in [1.29, 1.82) is 0 Å². The number of carbonyl (C=O) groups excluding carboxylic acids is 2. The molecule has 0 aliphatic carbocycles. The Balaban J connectivity index is 1.36. The van der Waals surface area contributed by atoms with Gasteiger partial charge < -0.3 is 19.7 Å². The SMILES string of the molecule is COc1ccc2c(c1)C(C(=O)N1CCC3(CC1)OCCc1sccc13)CC(=O)N2. The second-order valence-electron chi connectivity index (χ2n) is 7.93. The first-order valence-electron chi connectivity index (χ1n) is 10.1. The number of fused-ring (bicyclic) bond motifs is 3. The van der Waals surface area contributed by atoms with E-state index in [4.69, 9.17) is 9.47 Å². The Morgan fingerprint density at radius 3 is 2.93 bits per heavy atom. The van der Waals surface area contributed by atoms with Gasteiger partial charge in [-0.05, 0) is 53.6 Å². The Labute approximate surface area is 173 Å². The Hall–Kier alpha value is -2.38. The highest BCUT2D eigenvalue weighted by Gasteiger charge is 2.43. The molecule has 3 aliphatic rings. The summed E-state index contributed by atoms with van der Waals surface area (Å²) in [4.78, 5) is 28.9. The van der Waals surface area contributed by atoms with Gasteiger partial charge in [0.25, 0.3) is 0 Å². The van der Waals surface area contributed by atoms with Crippen molar-refractivity contribution in [1.82, 2.24) is 4.90 Å². The smallest absolute Gasteiger partial charge is 0.230 e. The second-order valence-corrected chi connectivity index (χ2v) is 8.93. The summed E-state index contributed by atoms with van der Waals surface area (Å²) >= 11 is 1.80. The van der Waals surface area contributed by atoms with Crippen molar-refractivity contribution in [2.24, 2.45) is 0 Å². The molecule has 1 unspecified atom stereocenters. The molecule has 4 heterocycles. The number of hydrogen-bond acceptors (Lipinski definition) is 5. The molecular weight excluding hydrogens is 388 g/mol. The lowest BCUT2D eigenvalue weighted by molar-refractivity contribution is -0.143. The molecule has 2 aromatic rings. The lowest BCUT2D eigenvalue weighted by Crippen LogP contribution is -2.49. The van der Waals surface area contributed by atoms with E-state index >= 15 is 0 Å².